The second-order valence-electron chi connectivity index (χ2n) is 6.22. The molecule has 1 aliphatic heterocycles. The fourth-order valence-electron chi connectivity index (χ4n) is 3.13. The molecular formula is C20H16ClN3O2. The molecule has 1 saturated heterocycles. The van der Waals surface area contributed by atoms with Crippen LogP contribution in [0.1, 0.15) is 11.1 Å². The first-order valence-electron chi connectivity index (χ1n) is 8.16. The van der Waals surface area contributed by atoms with Crippen molar-refractivity contribution in [3.63, 3.8) is 0 Å². The number of amides is 3. The van der Waals surface area contributed by atoms with E-state index in [1.54, 1.807) is 30.3 Å². The minimum atomic E-state index is -0.420. The summed E-state index contributed by atoms with van der Waals surface area (Å²) in [6, 6.07) is 14.6. The summed E-state index contributed by atoms with van der Waals surface area (Å²) >= 11 is 5.88. The molecule has 1 fully saturated rings. The third kappa shape index (κ3) is 2.86. The number of fused-ring (bicyclic) bond motifs is 1. The van der Waals surface area contributed by atoms with Gasteiger partial charge in [0.1, 0.15) is 5.70 Å². The van der Waals surface area contributed by atoms with Crippen LogP contribution < -0.4 is 5.32 Å². The van der Waals surface area contributed by atoms with Crippen molar-refractivity contribution in [3.05, 3.63) is 76.6 Å². The number of nitrogens with zero attached hydrogens (tertiary/aromatic N) is 2. The molecule has 26 heavy (non-hydrogen) atoms. The summed E-state index contributed by atoms with van der Waals surface area (Å²) < 4.78 is 1.99. The lowest BCUT2D eigenvalue weighted by Gasteiger charge is -2.11. The van der Waals surface area contributed by atoms with E-state index in [2.05, 4.69) is 5.32 Å². The number of carbonyl (C=O) groups excluding carboxylic acids is 2. The molecule has 0 unspecified atom stereocenters. The molecule has 6 heteroatoms. The molecule has 1 aromatic heterocycles. The van der Waals surface area contributed by atoms with E-state index in [-0.39, 0.29) is 18.1 Å². The largest absolute Gasteiger partial charge is 0.350 e. The average Bonchev–Trinajstić information content (AvgIpc) is 3.09. The van der Waals surface area contributed by atoms with E-state index in [1.807, 2.05) is 42.1 Å². The highest BCUT2D eigenvalue weighted by Crippen LogP contribution is 2.24. The van der Waals surface area contributed by atoms with Gasteiger partial charge >= 0.3 is 6.03 Å². The van der Waals surface area contributed by atoms with Crippen molar-refractivity contribution in [1.82, 2.24) is 14.8 Å². The molecule has 1 N–H and O–H groups in total. The van der Waals surface area contributed by atoms with Crippen molar-refractivity contribution in [2.75, 3.05) is 0 Å². The van der Waals surface area contributed by atoms with Crippen LogP contribution in [0.3, 0.4) is 0 Å². The van der Waals surface area contributed by atoms with Gasteiger partial charge in [0.15, 0.2) is 0 Å². The minimum Gasteiger partial charge on any atom is -0.350 e. The van der Waals surface area contributed by atoms with Crippen LogP contribution in [0.15, 0.2) is 60.4 Å². The van der Waals surface area contributed by atoms with Crippen LogP contribution in [0.2, 0.25) is 5.02 Å². The highest BCUT2D eigenvalue weighted by Gasteiger charge is 2.33. The second-order valence-corrected chi connectivity index (χ2v) is 6.65. The Kier molecular flexibility index (Phi) is 4.01. The van der Waals surface area contributed by atoms with Gasteiger partial charge in [0.2, 0.25) is 0 Å². The summed E-state index contributed by atoms with van der Waals surface area (Å²) in [5.74, 6) is -0.335. The van der Waals surface area contributed by atoms with E-state index < -0.39 is 6.03 Å². The Morgan fingerprint density at radius 3 is 2.58 bits per heavy atom. The van der Waals surface area contributed by atoms with Gasteiger partial charge in [0.25, 0.3) is 5.91 Å². The normalized spacial score (nSPS) is 15.9. The number of hydrogen-bond acceptors (Lipinski definition) is 2. The smallest absolute Gasteiger partial charge is 0.329 e. The zero-order chi connectivity index (χ0) is 18.3. The van der Waals surface area contributed by atoms with E-state index in [1.165, 1.54) is 4.90 Å². The Morgan fingerprint density at radius 2 is 1.81 bits per heavy atom. The molecule has 0 saturated carbocycles. The monoisotopic (exact) mass is 365 g/mol. The Bertz CT molecular complexity index is 1050. The number of nitrogens with one attached hydrogen (secondary N) is 1. The van der Waals surface area contributed by atoms with Gasteiger partial charge in [-0.3, -0.25) is 9.69 Å². The number of para-hydroxylation sites is 1. The summed E-state index contributed by atoms with van der Waals surface area (Å²) in [5, 5.41) is 4.31. The number of halogens is 1. The molecule has 1 aliphatic rings. The van der Waals surface area contributed by atoms with Crippen molar-refractivity contribution >= 4 is 40.5 Å². The molecule has 2 aromatic carbocycles. The van der Waals surface area contributed by atoms with E-state index in [0.29, 0.717) is 5.02 Å². The number of benzene rings is 2. The summed E-state index contributed by atoms with van der Waals surface area (Å²) in [6.07, 6.45) is 3.67. The highest BCUT2D eigenvalue weighted by atomic mass is 35.5. The molecule has 0 bridgehead atoms. The number of imide groups is 1. The van der Waals surface area contributed by atoms with Gasteiger partial charge in [0.05, 0.1) is 6.54 Å². The molecule has 3 aromatic rings. The Balaban J connectivity index is 1.64. The van der Waals surface area contributed by atoms with Crippen molar-refractivity contribution in [2.45, 2.75) is 6.54 Å². The number of rotatable bonds is 3. The summed E-state index contributed by atoms with van der Waals surface area (Å²) in [6.45, 7) is 0.203. The molecule has 130 valence electrons. The Morgan fingerprint density at radius 1 is 1.08 bits per heavy atom. The number of urea groups is 1. The van der Waals surface area contributed by atoms with Gasteiger partial charge in [0, 0.05) is 34.7 Å². The van der Waals surface area contributed by atoms with Crippen molar-refractivity contribution in [2.24, 2.45) is 7.05 Å². The lowest BCUT2D eigenvalue weighted by molar-refractivity contribution is -0.123. The molecule has 2 heterocycles. The number of hydrogen-bond donors (Lipinski definition) is 1. The molecular weight excluding hydrogens is 350 g/mol. The fraction of sp³-hybridized carbons (Fsp3) is 0.100. The van der Waals surface area contributed by atoms with E-state index in [4.69, 9.17) is 11.6 Å². The Hall–Kier alpha value is -3.05. The first-order valence-corrected chi connectivity index (χ1v) is 8.54. The lowest BCUT2D eigenvalue weighted by Crippen LogP contribution is -2.30. The summed E-state index contributed by atoms with van der Waals surface area (Å²) in [5.41, 5.74) is 3.07. The maximum atomic E-state index is 12.7. The van der Waals surface area contributed by atoms with Crippen molar-refractivity contribution in [3.8, 4) is 0 Å². The number of carbonyl (C=O) groups is 2. The van der Waals surface area contributed by atoms with Crippen LogP contribution in [0.4, 0.5) is 4.79 Å². The van der Waals surface area contributed by atoms with Gasteiger partial charge in [-0.2, -0.15) is 0 Å². The fourth-order valence-corrected chi connectivity index (χ4v) is 3.26. The first kappa shape index (κ1) is 16.4. The maximum absolute atomic E-state index is 12.7. The van der Waals surface area contributed by atoms with E-state index in [0.717, 1.165) is 22.0 Å². The van der Waals surface area contributed by atoms with Crippen molar-refractivity contribution in [1.29, 1.82) is 0 Å². The quantitative estimate of drug-likeness (QED) is 0.565. The SMILES string of the molecule is Cn1cc(/C=C2/NC(=O)N(Cc3ccc(Cl)cc3)C2=O)c2ccccc21. The minimum absolute atomic E-state index is 0.203. The topological polar surface area (TPSA) is 54.3 Å². The highest BCUT2D eigenvalue weighted by molar-refractivity contribution is 6.30. The van der Waals surface area contributed by atoms with Gasteiger partial charge < -0.3 is 9.88 Å². The van der Waals surface area contributed by atoms with E-state index >= 15 is 0 Å². The van der Waals surface area contributed by atoms with Crippen LogP contribution in [0.5, 0.6) is 0 Å². The lowest BCUT2D eigenvalue weighted by atomic mass is 10.1. The van der Waals surface area contributed by atoms with Crippen molar-refractivity contribution < 1.29 is 9.59 Å². The zero-order valence-corrected chi connectivity index (χ0v) is 14.8. The number of aryl methyl sites for hydroxylation is 1. The molecule has 5 nitrogen and oxygen atoms in total. The van der Waals surface area contributed by atoms with Crippen LogP contribution in [0, 0.1) is 0 Å². The predicted octanol–water partition coefficient (Wildman–Crippen LogP) is 3.92. The molecule has 0 spiro atoms. The summed E-state index contributed by atoms with van der Waals surface area (Å²) in [4.78, 5) is 26.1. The van der Waals surface area contributed by atoms with Gasteiger partial charge in [-0.15, -0.1) is 0 Å². The molecule has 3 amide bonds. The molecule has 4 rings (SSSR count). The number of aromatic nitrogens is 1. The second kappa shape index (κ2) is 6.35. The third-order valence-electron chi connectivity index (χ3n) is 4.44. The third-order valence-corrected chi connectivity index (χ3v) is 4.70. The molecule has 0 aliphatic carbocycles. The maximum Gasteiger partial charge on any atom is 0.329 e. The molecule has 0 atom stereocenters. The molecule has 0 radical (unpaired) electrons. The standard InChI is InChI=1S/C20H16ClN3O2/c1-23-12-14(16-4-2-3-5-18(16)23)10-17-19(25)24(20(26)22-17)11-13-6-8-15(21)9-7-13/h2-10,12H,11H2,1H3,(H,22,26)/b17-10+. The average molecular weight is 366 g/mol. The zero-order valence-electron chi connectivity index (χ0n) is 14.1. The summed E-state index contributed by atoms with van der Waals surface area (Å²) in [7, 11) is 1.95. The van der Waals surface area contributed by atoms with E-state index in [9.17, 15) is 9.59 Å². The van der Waals surface area contributed by atoms with Gasteiger partial charge in [-0.1, -0.05) is 41.9 Å². The Labute approximate surface area is 155 Å². The van der Waals surface area contributed by atoms with Crippen LogP contribution in [-0.2, 0) is 18.4 Å². The van der Waals surface area contributed by atoms with Gasteiger partial charge in [-0.05, 0) is 29.8 Å². The van der Waals surface area contributed by atoms with Crippen LogP contribution in [0.25, 0.3) is 17.0 Å². The van der Waals surface area contributed by atoms with Crippen LogP contribution in [-0.4, -0.2) is 21.4 Å². The predicted molar refractivity (Wildman–Crippen MR) is 101 cm³/mol. The first-order chi connectivity index (χ1) is 12.5. The van der Waals surface area contributed by atoms with Crippen LogP contribution >= 0.6 is 11.6 Å². The van der Waals surface area contributed by atoms with Gasteiger partial charge in [-0.25, -0.2) is 4.79 Å².